The van der Waals surface area contributed by atoms with Crippen molar-refractivity contribution in [1.82, 2.24) is 24.6 Å². The van der Waals surface area contributed by atoms with Crippen LogP contribution < -0.4 is 4.90 Å². The van der Waals surface area contributed by atoms with Crippen molar-refractivity contribution in [3.63, 3.8) is 0 Å². The molecule has 29 heavy (non-hydrogen) atoms. The molecule has 2 aromatic heterocycles. The lowest BCUT2D eigenvalue weighted by molar-refractivity contribution is 0.0724. The molecule has 0 spiro atoms. The average Bonchev–Trinajstić information content (AvgIpc) is 3.00. The van der Waals surface area contributed by atoms with E-state index in [1.54, 1.807) is 12.3 Å². The minimum atomic E-state index is 0.0455. The summed E-state index contributed by atoms with van der Waals surface area (Å²) in [6.45, 7) is 6.33. The van der Waals surface area contributed by atoms with E-state index in [-0.39, 0.29) is 5.91 Å². The van der Waals surface area contributed by atoms with Gasteiger partial charge in [0.25, 0.3) is 5.91 Å². The zero-order chi connectivity index (χ0) is 20.2. The number of anilines is 1. The Bertz CT molecular complexity index is 847. The van der Waals surface area contributed by atoms with Crippen molar-refractivity contribution in [3.05, 3.63) is 40.8 Å². The van der Waals surface area contributed by atoms with E-state index in [9.17, 15) is 4.79 Å². The predicted octanol–water partition coefficient (Wildman–Crippen LogP) is 2.81. The van der Waals surface area contributed by atoms with E-state index in [2.05, 4.69) is 26.1 Å². The molecule has 0 radical (unpaired) electrons. The SMILES string of the molecule is Cn1cc(CN2CCCN(c3ncc(C(=O)N4CCCCC4)cc3Cl)CC2)cn1. The summed E-state index contributed by atoms with van der Waals surface area (Å²) in [7, 11) is 1.95. The summed E-state index contributed by atoms with van der Waals surface area (Å²) in [5, 5.41) is 4.82. The largest absolute Gasteiger partial charge is 0.354 e. The maximum atomic E-state index is 12.7. The van der Waals surface area contributed by atoms with Gasteiger partial charge >= 0.3 is 0 Å². The Hall–Kier alpha value is -2.12. The normalized spacial score (nSPS) is 18.7. The average molecular weight is 417 g/mol. The summed E-state index contributed by atoms with van der Waals surface area (Å²) >= 11 is 6.57. The Morgan fingerprint density at radius 2 is 1.86 bits per heavy atom. The second-order valence-electron chi connectivity index (χ2n) is 8.02. The van der Waals surface area contributed by atoms with Crippen LogP contribution in [0.5, 0.6) is 0 Å². The minimum Gasteiger partial charge on any atom is -0.354 e. The zero-order valence-electron chi connectivity index (χ0n) is 17.1. The van der Waals surface area contributed by atoms with Crippen LogP contribution in [0, 0.1) is 0 Å². The van der Waals surface area contributed by atoms with E-state index in [1.165, 1.54) is 12.0 Å². The Morgan fingerprint density at radius 3 is 2.59 bits per heavy atom. The van der Waals surface area contributed by atoms with E-state index in [4.69, 9.17) is 11.6 Å². The molecule has 2 aliphatic rings. The molecule has 8 heteroatoms. The van der Waals surface area contributed by atoms with Crippen LogP contribution in [0.1, 0.15) is 41.6 Å². The lowest BCUT2D eigenvalue weighted by Gasteiger charge is -2.27. The molecule has 156 valence electrons. The van der Waals surface area contributed by atoms with Gasteiger partial charge in [-0.2, -0.15) is 5.10 Å². The molecular formula is C21H29ClN6O. The van der Waals surface area contributed by atoms with E-state index >= 15 is 0 Å². The van der Waals surface area contributed by atoms with Crippen LogP contribution in [-0.4, -0.2) is 69.7 Å². The molecule has 7 nitrogen and oxygen atoms in total. The lowest BCUT2D eigenvalue weighted by atomic mass is 10.1. The zero-order valence-corrected chi connectivity index (χ0v) is 17.8. The maximum absolute atomic E-state index is 12.7. The summed E-state index contributed by atoms with van der Waals surface area (Å²) < 4.78 is 1.84. The third-order valence-corrected chi connectivity index (χ3v) is 6.04. The molecule has 2 fully saturated rings. The standard InChI is InChI=1S/C21H29ClN6O/c1-25-15-17(13-24-25)16-26-6-5-9-27(11-10-26)20-19(22)12-18(14-23-20)21(29)28-7-3-2-4-8-28/h12-15H,2-11,16H2,1H3. The maximum Gasteiger partial charge on any atom is 0.255 e. The molecule has 0 N–H and O–H groups in total. The van der Waals surface area contributed by atoms with Crippen LogP contribution >= 0.6 is 11.6 Å². The second-order valence-corrected chi connectivity index (χ2v) is 8.43. The van der Waals surface area contributed by atoms with Gasteiger partial charge in [-0.25, -0.2) is 4.98 Å². The topological polar surface area (TPSA) is 57.5 Å². The molecule has 0 bridgehead atoms. The van der Waals surface area contributed by atoms with Gasteiger partial charge in [0.1, 0.15) is 5.82 Å². The number of hydrogen-bond acceptors (Lipinski definition) is 5. The first-order chi connectivity index (χ1) is 14.1. The number of pyridine rings is 1. The van der Waals surface area contributed by atoms with Crippen molar-refractivity contribution >= 4 is 23.3 Å². The number of halogens is 1. The van der Waals surface area contributed by atoms with Crippen LogP contribution in [0.15, 0.2) is 24.7 Å². The number of aromatic nitrogens is 3. The van der Waals surface area contributed by atoms with Gasteiger partial charge < -0.3 is 9.80 Å². The number of likely N-dealkylation sites (tertiary alicyclic amines) is 1. The highest BCUT2D eigenvalue weighted by molar-refractivity contribution is 6.33. The number of nitrogens with zero attached hydrogens (tertiary/aromatic N) is 6. The van der Waals surface area contributed by atoms with Gasteiger partial charge in [0, 0.05) is 70.8 Å². The van der Waals surface area contributed by atoms with Crippen LogP contribution in [0.2, 0.25) is 5.02 Å². The molecule has 4 rings (SSSR count). The molecule has 0 unspecified atom stereocenters. The highest BCUT2D eigenvalue weighted by Gasteiger charge is 2.22. The van der Waals surface area contributed by atoms with Crippen LogP contribution in [0.25, 0.3) is 0 Å². The monoisotopic (exact) mass is 416 g/mol. The first kappa shape index (κ1) is 20.2. The van der Waals surface area contributed by atoms with Crippen molar-refractivity contribution < 1.29 is 4.79 Å². The van der Waals surface area contributed by atoms with E-state index < -0.39 is 0 Å². The van der Waals surface area contributed by atoms with Gasteiger partial charge in [-0.15, -0.1) is 0 Å². The first-order valence-electron chi connectivity index (χ1n) is 10.5. The van der Waals surface area contributed by atoms with E-state index in [0.29, 0.717) is 10.6 Å². The van der Waals surface area contributed by atoms with Crippen molar-refractivity contribution in [2.24, 2.45) is 7.05 Å². The quantitative estimate of drug-likeness (QED) is 0.767. The second kappa shape index (κ2) is 9.13. The van der Waals surface area contributed by atoms with Gasteiger partial charge in [0.05, 0.1) is 16.8 Å². The Kier molecular flexibility index (Phi) is 6.35. The summed E-state index contributed by atoms with van der Waals surface area (Å²) in [5.74, 6) is 0.828. The number of amides is 1. The molecule has 0 atom stereocenters. The molecule has 0 aliphatic carbocycles. The lowest BCUT2D eigenvalue weighted by Crippen LogP contribution is -2.35. The van der Waals surface area contributed by atoms with Crippen molar-refractivity contribution in [2.75, 3.05) is 44.2 Å². The summed E-state index contributed by atoms with van der Waals surface area (Å²) in [6, 6.07) is 1.79. The molecule has 2 aromatic rings. The van der Waals surface area contributed by atoms with Crippen molar-refractivity contribution in [3.8, 4) is 0 Å². The third kappa shape index (κ3) is 4.90. The number of carbonyl (C=O) groups excluding carboxylic acids is 1. The van der Waals surface area contributed by atoms with Gasteiger partial charge in [-0.1, -0.05) is 11.6 Å². The molecular weight excluding hydrogens is 388 g/mol. The van der Waals surface area contributed by atoms with Crippen LogP contribution in [-0.2, 0) is 13.6 Å². The molecule has 2 aliphatic heterocycles. The number of rotatable bonds is 4. The highest BCUT2D eigenvalue weighted by atomic mass is 35.5. The molecule has 0 saturated carbocycles. The summed E-state index contributed by atoms with van der Waals surface area (Å²) in [6.07, 6.45) is 10.1. The number of piperidine rings is 1. The summed E-state index contributed by atoms with van der Waals surface area (Å²) in [5.41, 5.74) is 1.83. The van der Waals surface area contributed by atoms with Gasteiger partial charge in [-0.3, -0.25) is 14.4 Å². The van der Waals surface area contributed by atoms with Crippen molar-refractivity contribution in [1.29, 1.82) is 0 Å². The molecule has 1 amide bonds. The minimum absolute atomic E-state index is 0.0455. The molecule has 0 aromatic carbocycles. The number of hydrogen-bond donors (Lipinski definition) is 0. The fourth-order valence-electron chi connectivity index (χ4n) is 4.21. The fraction of sp³-hybridized carbons (Fsp3) is 0.571. The van der Waals surface area contributed by atoms with E-state index in [0.717, 1.165) is 70.9 Å². The predicted molar refractivity (Wildman–Crippen MR) is 114 cm³/mol. The van der Waals surface area contributed by atoms with Crippen LogP contribution in [0.4, 0.5) is 5.82 Å². The Morgan fingerprint density at radius 1 is 1.03 bits per heavy atom. The molecule has 2 saturated heterocycles. The Labute approximate surface area is 177 Å². The van der Waals surface area contributed by atoms with E-state index in [1.807, 2.05) is 22.8 Å². The smallest absolute Gasteiger partial charge is 0.255 e. The Balaban J connectivity index is 1.39. The number of aryl methyl sites for hydroxylation is 1. The number of carbonyl (C=O) groups is 1. The summed E-state index contributed by atoms with van der Waals surface area (Å²) in [4.78, 5) is 23.9. The molecule has 4 heterocycles. The highest BCUT2D eigenvalue weighted by Crippen LogP contribution is 2.26. The van der Waals surface area contributed by atoms with Gasteiger partial charge in [0.15, 0.2) is 0 Å². The van der Waals surface area contributed by atoms with Gasteiger partial charge in [-0.05, 0) is 31.7 Å². The fourth-order valence-corrected chi connectivity index (χ4v) is 4.50. The van der Waals surface area contributed by atoms with Crippen LogP contribution in [0.3, 0.4) is 0 Å². The third-order valence-electron chi connectivity index (χ3n) is 5.76. The van der Waals surface area contributed by atoms with Gasteiger partial charge in [0.2, 0.25) is 0 Å². The first-order valence-corrected chi connectivity index (χ1v) is 10.9. The van der Waals surface area contributed by atoms with Crippen molar-refractivity contribution in [2.45, 2.75) is 32.2 Å².